The van der Waals surface area contributed by atoms with Crippen LogP contribution in [0.3, 0.4) is 0 Å². The van der Waals surface area contributed by atoms with E-state index < -0.39 is 0 Å². The Hall–Kier alpha value is -0.0800. The summed E-state index contributed by atoms with van der Waals surface area (Å²) in [5.41, 5.74) is 7.50. The summed E-state index contributed by atoms with van der Waals surface area (Å²) in [6, 6.07) is 0.230. The van der Waals surface area contributed by atoms with Crippen LogP contribution in [0.25, 0.3) is 0 Å². The maximum atomic E-state index is 6.75. The zero-order chi connectivity index (χ0) is 17.8. The summed E-state index contributed by atoms with van der Waals surface area (Å²) in [6.07, 6.45) is 3.85. The van der Waals surface area contributed by atoms with Gasteiger partial charge in [0, 0.05) is 17.0 Å². The van der Waals surface area contributed by atoms with Crippen LogP contribution in [-0.2, 0) is 0 Å². The third-order valence-corrected chi connectivity index (χ3v) is 9.04. The maximum Gasteiger partial charge on any atom is 0.0267 e. The van der Waals surface area contributed by atoms with Gasteiger partial charge in [-0.15, -0.1) is 0 Å². The highest BCUT2D eigenvalue weighted by atomic mass is 15.1. The fraction of sp³-hybridized carbons (Fsp3) is 1.00. The first kappa shape index (κ1) is 19.2. The van der Waals surface area contributed by atoms with Crippen molar-refractivity contribution in [3.05, 3.63) is 0 Å². The van der Waals surface area contributed by atoms with E-state index in [0.29, 0.717) is 0 Å². The van der Waals surface area contributed by atoms with E-state index in [4.69, 9.17) is 5.73 Å². The van der Waals surface area contributed by atoms with Gasteiger partial charge in [-0.25, -0.2) is 0 Å². The highest BCUT2D eigenvalue weighted by molar-refractivity contribution is 5.33. The second kappa shape index (κ2) is 5.73. The molecule has 0 aromatic rings. The Morgan fingerprint density at radius 1 is 1.09 bits per heavy atom. The van der Waals surface area contributed by atoms with Crippen molar-refractivity contribution in [2.45, 2.75) is 93.2 Å². The number of unbranched alkanes of at least 4 members (excludes halogenated alkanes) is 1. The molecule has 0 spiro atoms. The Labute approximate surface area is 145 Å². The Balaban J connectivity index is 2.41. The van der Waals surface area contributed by atoms with Gasteiger partial charge >= 0.3 is 0 Å². The van der Waals surface area contributed by atoms with Crippen LogP contribution in [0.15, 0.2) is 0 Å². The van der Waals surface area contributed by atoms with Crippen molar-refractivity contribution >= 4 is 0 Å². The lowest BCUT2D eigenvalue weighted by Gasteiger charge is -2.84. The van der Waals surface area contributed by atoms with E-state index in [-0.39, 0.29) is 27.8 Å². The van der Waals surface area contributed by atoms with E-state index in [1.165, 1.54) is 19.3 Å². The van der Waals surface area contributed by atoms with E-state index in [9.17, 15) is 0 Å². The molecule has 3 N–H and O–H groups in total. The summed E-state index contributed by atoms with van der Waals surface area (Å²) in [4.78, 5) is 0. The van der Waals surface area contributed by atoms with E-state index >= 15 is 0 Å². The molecule has 2 rings (SSSR count). The first-order chi connectivity index (χ1) is 10.4. The van der Waals surface area contributed by atoms with E-state index in [1.807, 2.05) is 0 Å². The molecule has 136 valence electrons. The van der Waals surface area contributed by atoms with Crippen molar-refractivity contribution in [2.75, 3.05) is 6.54 Å². The molecule has 2 fully saturated rings. The highest BCUT2D eigenvalue weighted by Crippen LogP contribution is 2.80. The van der Waals surface area contributed by atoms with Gasteiger partial charge < -0.3 is 11.1 Å². The summed E-state index contributed by atoms with van der Waals surface area (Å²) >= 11 is 0. The van der Waals surface area contributed by atoms with Gasteiger partial charge in [-0.3, -0.25) is 0 Å². The number of hydrogen-bond donors (Lipinski definition) is 2. The van der Waals surface area contributed by atoms with Crippen LogP contribution in [0, 0.1) is 34.0 Å². The normalized spacial score (nSPS) is 45.9. The third kappa shape index (κ3) is 2.00. The number of nitrogens with two attached hydrogens (primary N) is 1. The average Bonchev–Trinajstić information content (AvgIpc) is 2.45. The summed E-state index contributed by atoms with van der Waals surface area (Å²) in [7, 11) is 0. The molecule has 0 aliphatic heterocycles. The lowest BCUT2D eigenvalue weighted by atomic mass is 9.23. The molecule has 0 heterocycles. The average molecular weight is 323 g/mol. The molecule has 23 heavy (non-hydrogen) atoms. The Morgan fingerprint density at radius 2 is 1.61 bits per heavy atom. The molecule has 2 heteroatoms. The number of rotatable bonds is 6. The first-order valence-electron chi connectivity index (χ1n) is 9.94. The van der Waals surface area contributed by atoms with Crippen molar-refractivity contribution in [1.82, 2.24) is 5.32 Å². The van der Waals surface area contributed by atoms with Crippen LogP contribution < -0.4 is 11.1 Å². The zero-order valence-corrected chi connectivity index (χ0v) is 17.2. The maximum absolute atomic E-state index is 6.75. The summed E-state index contributed by atoms with van der Waals surface area (Å²) in [5, 5.41) is 3.96. The molecular formula is C21H42N2. The van der Waals surface area contributed by atoms with Crippen LogP contribution >= 0.6 is 0 Å². The van der Waals surface area contributed by atoms with Crippen molar-refractivity contribution in [3.8, 4) is 0 Å². The summed E-state index contributed by atoms with van der Waals surface area (Å²) in [5.74, 6) is 2.39. The minimum Gasteiger partial charge on any atom is -0.327 e. The molecule has 0 bridgehead atoms. The molecule has 2 aliphatic carbocycles. The molecule has 2 saturated carbocycles. The molecule has 0 radical (unpaired) electrons. The van der Waals surface area contributed by atoms with Crippen LogP contribution in [-0.4, -0.2) is 18.1 Å². The van der Waals surface area contributed by atoms with Crippen molar-refractivity contribution in [1.29, 1.82) is 0 Å². The van der Waals surface area contributed by atoms with E-state index in [2.05, 4.69) is 67.6 Å². The molecule has 3 unspecified atom stereocenters. The quantitative estimate of drug-likeness (QED) is 0.688. The van der Waals surface area contributed by atoms with E-state index in [0.717, 1.165) is 24.3 Å². The van der Waals surface area contributed by atoms with Gasteiger partial charge in [-0.2, -0.15) is 0 Å². The Bertz CT molecular complexity index is 419. The van der Waals surface area contributed by atoms with Gasteiger partial charge in [0.1, 0.15) is 0 Å². The lowest BCUT2D eigenvalue weighted by molar-refractivity contribution is -0.328. The van der Waals surface area contributed by atoms with Crippen LogP contribution in [0.2, 0.25) is 0 Å². The first-order valence-corrected chi connectivity index (χ1v) is 9.94. The highest BCUT2D eigenvalue weighted by Gasteiger charge is 2.81. The van der Waals surface area contributed by atoms with Crippen molar-refractivity contribution in [2.24, 2.45) is 39.7 Å². The largest absolute Gasteiger partial charge is 0.327 e. The molecule has 0 amide bonds. The Kier molecular flexibility index (Phi) is 4.79. The molecular weight excluding hydrogens is 280 g/mol. The topological polar surface area (TPSA) is 38.0 Å². The monoisotopic (exact) mass is 322 g/mol. The smallest absolute Gasteiger partial charge is 0.0267 e. The number of nitrogens with one attached hydrogen (secondary N) is 1. The van der Waals surface area contributed by atoms with Crippen LogP contribution in [0.4, 0.5) is 0 Å². The predicted molar refractivity (Wildman–Crippen MR) is 101 cm³/mol. The van der Waals surface area contributed by atoms with Gasteiger partial charge in [0.05, 0.1) is 0 Å². The Morgan fingerprint density at radius 3 is 1.96 bits per heavy atom. The summed E-state index contributed by atoms with van der Waals surface area (Å²) < 4.78 is 0. The van der Waals surface area contributed by atoms with Gasteiger partial charge in [0.15, 0.2) is 0 Å². The van der Waals surface area contributed by atoms with Gasteiger partial charge in [0.2, 0.25) is 0 Å². The second-order valence-corrected chi connectivity index (χ2v) is 9.99. The predicted octanol–water partition coefficient (Wildman–Crippen LogP) is 4.83. The molecule has 0 aromatic carbocycles. The second-order valence-electron chi connectivity index (χ2n) is 9.99. The lowest BCUT2D eigenvalue weighted by Crippen LogP contribution is -2.89. The zero-order valence-electron chi connectivity index (χ0n) is 17.2. The fourth-order valence-corrected chi connectivity index (χ4v) is 7.32. The van der Waals surface area contributed by atoms with Crippen molar-refractivity contribution < 1.29 is 0 Å². The molecule has 0 aromatic heterocycles. The summed E-state index contributed by atoms with van der Waals surface area (Å²) in [6.45, 7) is 22.9. The van der Waals surface area contributed by atoms with Gasteiger partial charge in [0.25, 0.3) is 0 Å². The van der Waals surface area contributed by atoms with Gasteiger partial charge in [-0.1, -0.05) is 54.9 Å². The van der Waals surface area contributed by atoms with E-state index in [1.54, 1.807) is 0 Å². The van der Waals surface area contributed by atoms with Crippen LogP contribution in [0.5, 0.6) is 0 Å². The third-order valence-electron chi connectivity index (χ3n) is 9.04. The van der Waals surface area contributed by atoms with Crippen molar-refractivity contribution in [3.63, 3.8) is 0 Å². The standard InChI is InChI=1S/C21H42N2/c1-10-11-12-23-20(9)18(5,6)21(16(4)22,19(20,7)8)17-13-14(2)15(17)3/h14-17,23H,10-13,22H2,1-9H3/t14?,15-,16?,17?,20?,21?/m0/s1. The molecule has 2 nitrogen and oxygen atoms in total. The fourth-order valence-electron chi connectivity index (χ4n) is 7.32. The SMILES string of the molecule is CCCCNC1(C)C(C)(C)C(C(C)N)(C2CC(C)[C@@H]2C)C1(C)C. The minimum absolute atomic E-state index is 0.140. The molecule has 2 aliphatic rings. The molecule has 4 atom stereocenters. The van der Waals surface area contributed by atoms with Gasteiger partial charge in [-0.05, 0) is 61.8 Å². The minimum atomic E-state index is 0.140. The number of hydrogen-bond acceptors (Lipinski definition) is 2. The van der Waals surface area contributed by atoms with Crippen LogP contribution in [0.1, 0.15) is 81.6 Å². The molecule has 0 saturated heterocycles.